The Morgan fingerprint density at radius 2 is 0.960 bits per heavy atom. The molecule has 0 aromatic heterocycles. The van der Waals surface area contributed by atoms with E-state index in [1.165, 1.54) is 0 Å². The van der Waals surface area contributed by atoms with Gasteiger partial charge in [-0.3, -0.25) is 29.8 Å². The quantitative estimate of drug-likeness (QED) is 0.529. The molecule has 136 valence electrons. The van der Waals surface area contributed by atoms with Crippen molar-refractivity contribution < 1.29 is 19.2 Å². The molecule has 0 radical (unpaired) electrons. The molecular weight excluding hydrogens is 387 g/mol. The molecule has 6 nitrogen and oxygen atoms in total. The van der Waals surface area contributed by atoms with E-state index in [0.29, 0.717) is 25.7 Å². The molecule has 9 heteroatoms. The first-order chi connectivity index (χ1) is 11.8. The van der Waals surface area contributed by atoms with Gasteiger partial charge < -0.3 is 0 Å². The van der Waals surface area contributed by atoms with Crippen molar-refractivity contribution >= 4 is 58.6 Å². The lowest BCUT2D eigenvalue weighted by Gasteiger charge is -2.38. The average molecular weight is 405 g/mol. The molecule has 8 unspecified atom stereocenters. The number of hydrogen-bond acceptors (Lipinski definition) is 5. The number of thioether (sulfide) groups is 1. The topological polar surface area (TPSA) is 92.3 Å². The Morgan fingerprint density at radius 1 is 0.640 bits per heavy atom. The van der Waals surface area contributed by atoms with E-state index in [2.05, 4.69) is 10.6 Å². The van der Waals surface area contributed by atoms with E-state index in [4.69, 9.17) is 23.2 Å². The van der Waals surface area contributed by atoms with Crippen LogP contribution in [-0.4, -0.2) is 44.9 Å². The lowest BCUT2D eigenvalue weighted by molar-refractivity contribution is -0.127. The van der Waals surface area contributed by atoms with E-state index < -0.39 is 0 Å². The number of nitrogens with one attached hydrogen (secondary N) is 2. The van der Waals surface area contributed by atoms with Gasteiger partial charge in [-0.05, 0) is 25.7 Å². The van der Waals surface area contributed by atoms with E-state index in [0.717, 1.165) is 0 Å². The van der Waals surface area contributed by atoms with Gasteiger partial charge in [0.1, 0.15) is 0 Å². The number of imide groups is 2. The molecule has 0 spiro atoms. The third-order valence-electron chi connectivity index (χ3n) is 5.90. The van der Waals surface area contributed by atoms with Crippen LogP contribution < -0.4 is 10.6 Å². The van der Waals surface area contributed by atoms with Crippen LogP contribution in [0.1, 0.15) is 25.7 Å². The number of hydrogen-bond donors (Lipinski definition) is 2. The summed E-state index contributed by atoms with van der Waals surface area (Å²) in [5.74, 6) is -2.16. The minimum atomic E-state index is -0.326. The molecule has 0 aromatic rings. The molecule has 4 fully saturated rings. The van der Waals surface area contributed by atoms with Gasteiger partial charge in [-0.1, -0.05) is 0 Å². The first-order valence-electron chi connectivity index (χ1n) is 8.48. The van der Waals surface area contributed by atoms with E-state index in [9.17, 15) is 19.2 Å². The first-order valence-corrected chi connectivity index (χ1v) is 10.3. The van der Waals surface area contributed by atoms with Crippen molar-refractivity contribution in [1.29, 1.82) is 0 Å². The molecule has 25 heavy (non-hydrogen) atoms. The van der Waals surface area contributed by atoms with Crippen LogP contribution in [0.5, 0.6) is 0 Å². The maximum Gasteiger partial charge on any atom is 0.230 e. The molecule has 4 amide bonds. The van der Waals surface area contributed by atoms with Gasteiger partial charge in [0.15, 0.2) is 0 Å². The molecule has 4 aliphatic rings. The summed E-state index contributed by atoms with van der Waals surface area (Å²) in [5, 5.41) is 4.35. The highest BCUT2D eigenvalue weighted by atomic mass is 35.5. The predicted octanol–water partition coefficient (Wildman–Crippen LogP) is 1.04. The van der Waals surface area contributed by atoms with Crippen LogP contribution in [0, 0.1) is 23.7 Å². The standard InChI is InChI=1S/C16H18Cl2N2O4S/c17-9-1-5-7(15(23)19-13(5)21)3-11(9)25-12-4-8-6(2-10(12)18)14(22)20-16(8)24/h5-12H,1-4H2,(H,19,21,23)(H,20,22,24). The van der Waals surface area contributed by atoms with Crippen molar-refractivity contribution in [3.05, 3.63) is 0 Å². The van der Waals surface area contributed by atoms with Gasteiger partial charge in [0.25, 0.3) is 0 Å². The van der Waals surface area contributed by atoms with Gasteiger partial charge in [0, 0.05) is 21.3 Å². The minimum Gasteiger partial charge on any atom is -0.296 e. The third kappa shape index (κ3) is 2.98. The third-order valence-corrected chi connectivity index (χ3v) is 8.90. The van der Waals surface area contributed by atoms with Crippen LogP contribution in [0.3, 0.4) is 0 Å². The van der Waals surface area contributed by atoms with Gasteiger partial charge in [0.05, 0.1) is 23.7 Å². The van der Waals surface area contributed by atoms with Gasteiger partial charge in [-0.2, -0.15) is 11.8 Å². The summed E-state index contributed by atoms with van der Waals surface area (Å²) in [7, 11) is 0. The van der Waals surface area contributed by atoms with Crippen LogP contribution in [0.25, 0.3) is 0 Å². The lowest BCUT2D eigenvalue weighted by Crippen LogP contribution is -2.41. The zero-order valence-electron chi connectivity index (χ0n) is 13.2. The number of carbonyl (C=O) groups excluding carboxylic acids is 4. The normalized spacial score (nSPS) is 46.5. The molecule has 2 saturated heterocycles. The summed E-state index contributed by atoms with van der Waals surface area (Å²) in [5.41, 5.74) is 0. The Balaban J connectivity index is 1.45. The number of alkyl halides is 2. The Kier molecular flexibility index (Phi) is 4.53. The first kappa shape index (κ1) is 17.6. The molecule has 2 saturated carbocycles. The summed E-state index contributed by atoms with van der Waals surface area (Å²) in [6.45, 7) is 0. The highest BCUT2D eigenvalue weighted by Gasteiger charge is 2.52. The second-order valence-electron chi connectivity index (χ2n) is 7.32. The second kappa shape index (κ2) is 6.43. The highest BCUT2D eigenvalue weighted by Crippen LogP contribution is 2.48. The highest BCUT2D eigenvalue weighted by molar-refractivity contribution is 8.00. The summed E-state index contributed by atoms with van der Waals surface area (Å²) in [4.78, 5) is 47.5. The number of rotatable bonds is 2. The largest absolute Gasteiger partial charge is 0.296 e. The van der Waals surface area contributed by atoms with Crippen molar-refractivity contribution in [2.45, 2.75) is 46.9 Å². The van der Waals surface area contributed by atoms with Crippen molar-refractivity contribution in [1.82, 2.24) is 10.6 Å². The molecule has 0 aromatic carbocycles. The van der Waals surface area contributed by atoms with Crippen LogP contribution >= 0.6 is 35.0 Å². The van der Waals surface area contributed by atoms with Crippen molar-refractivity contribution in [3.63, 3.8) is 0 Å². The maximum atomic E-state index is 12.0. The molecule has 2 aliphatic carbocycles. The van der Waals surface area contributed by atoms with Crippen LogP contribution in [0.2, 0.25) is 0 Å². The number of halogens is 2. The number of carbonyl (C=O) groups is 4. The fourth-order valence-electron chi connectivity index (χ4n) is 4.52. The number of fused-ring (bicyclic) bond motifs is 2. The summed E-state index contributed by atoms with van der Waals surface area (Å²) >= 11 is 14.6. The average Bonchev–Trinajstić information content (AvgIpc) is 2.97. The summed E-state index contributed by atoms with van der Waals surface area (Å²) in [6.07, 6.45) is 2.04. The summed E-state index contributed by atoms with van der Waals surface area (Å²) in [6, 6.07) is 0. The molecule has 8 atom stereocenters. The smallest absolute Gasteiger partial charge is 0.230 e. The van der Waals surface area contributed by atoms with Gasteiger partial charge >= 0.3 is 0 Å². The summed E-state index contributed by atoms with van der Waals surface area (Å²) < 4.78 is 0. The second-order valence-corrected chi connectivity index (χ2v) is 9.93. The Bertz CT molecular complexity index is 606. The molecule has 0 bridgehead atoms. The van der Waals surface area contributed by atoms with Crippen molar-refractivity contribution in [3.8, 4) is 0 Å². The molecular formula is C16H18Cl2N2O4S. The fourth-order valence-corrected chi connectivity index (χ4v) is 7.12. The van der Waals surface area contributed by atoms with E-state index in [-0.39, 0.29) is 68.6 Å². The van der Waals surface area contributed by atoms with E-state index in [1.807, 2.05) is 0 Å². The maximum absolute atomic E-state index is 12.0. The van der Waals surface area contributed by atoms with Gasteiger partial charge in [0.2, 0.25) is 23.6 Å². The lowest BCUT2D eigenvalue weighted by atomic mass is 9.80. The van der Waals surface area contributed by atoms with Crippen LogP contribution in [-0.2, 0) is 19.2 Å². The molecule has 2 heterocycles. The Labute approximate surface area is 159 Å². The van der Waals surface area contributed by atoms with Crippen LogP contribution in [0.4, 0.5) is 0 Å². The monoisotopic (exact) mass is 404 g/mol. The van der Waals surface area contributed by atoms with E-state index in [1.54, 1.807) is 11.8 Å². The minimum absolute atomic E-state index is 0.00234. The SMILES string of the molecule is O=C1NC(=O)C2CC(SC3CC4C(=O)NC(=O)C4CC3Cl)C(Cl)CC12. The molecule has 4 rings (SSSR count). The van der Waals surface area contributed by atoms with Crippen molar-refractivity contribution in [2.75, 3.05) is 0 Å². The zero-order valence-corrected chi connectivity index (χ0v) is 15.6. The Morgan fingerprint density at radius 3 is 1.32 bits per heavy atom. The van der Waals surface area contributed by atoms with E-state index >= 15 is 0 Å². The molecule has 2 aliphatic heterocycles. The predicted molar refractivity (Wildman–Crippen MR) is 93.2 cm³/mol. The molecule has 2 N–H and O–H groups in total. The zero-order chi connectivity index (χ0) is 17.9. The number of amides is 4. The fraction of sp³-hybridized carbons (Fsp3) is 0.750. The van der Waals surface area contributed by atoms with Gasteiger partial charge in [-0.15, -0.1) is 23.2 Å². The van der Waals surface area contributed by atoms with Crippen LogP contribution in [0.15, 0.2) is 0 Å². The van der Waals surface area contributed by atoms with Gasteiger partial charge in [-0.25, -0.2) is 0 Å². The van der Waals surface area contributed by atoms with Crippen molar-refractivity contribution in [2.24, 2.45) is 23.7 Å². The Hall–Kier alpha value is -0.790.